The number of fused-ring (bicyclic) bond motifs is 1. The number of nitrogens with zero attached hydrogens (tertiary/aromatic N) is 3. The van der Waals surface area contributed by atoms with Crippen LogP contribution in [0.25, 0.3) is 0 Å². The molecule has 0 radical (unpaired) electrons. The smallest absolute Gasteiger partial charge is 0.433 e. The SMILES string of the molecule is Nc1nc(C(F)(F)F)cc(=O)n1/N=C/c1ccc2c(c1)OCO2. The Morgan fingerprint density at radius 1 is 1.26 bits per heavy atom. The molecule has 23 heavy (non-hydrogen) atoms. The summed E-state index contributed by atoms with van der Waals surface area (Å²) in [5.74, 6) is 0.400. The molecule has 120 valence electrons. The molecule has 1 aromatic heterocycles. The fraction of sp³-hybridized carbons (Fsp3) is 0.154. The van der Waals surface area contributed by atoms with Gasteiger partial charge in [0, 0.05) is 6.07 Å². The van der Waals surface area contributed by atoms with E-state index < -0.39 is 23.4 Å². The summed E-state index contributed by atoms with van der Waals surface area (Å²) in [5.41, 5.74) is 3.50. The van der Waals surface area contributed by atoms with Crippen LogP contribution in [-0.4, -0.2) is 22.7 Å². The van der Waals surface area contributed by atoms with Crippen LogP contribution in [0.2, 0.25) is 0 Å². The third-order valence-electron chi connectivity index (χ3n) is 2.93. The molecule has 0 saturated carbocycles. The van der Waals surface area contributed by atoms with Crippen LogP contribution >= 0.6 is 0 Å². The van der Waals surface area contributed by atoms with Crippen LogP contribution in [0.4, 0.5) is 19.1 Å². The first-order valence-corrected chi connectivity index (χ1v) is 6.25. The minimum absolute atomic E-state index is 0.102. The lowest BCUT2D eigenvalue weighted by molar-refractivity contribution is -0.141. The molecule has 10 heteroatoms. The summed E-state index contributed by atoms with van der Waals surface area (Å²) in [5, 5.41) is 3.75. The maximum atomic E-state index is 12.5. The van der Waals surface area contributed by atoms with Crippen LogP contribution in [0.1, 0.15) is 11.3 Å². The van der Waals surface area contributed by atoms with Crippen molar-refractivity contribution < 1.29 is 22.6 Å². The predicted octanol–water partition coefficient (Wildman–Crippen LogP) is 1.46. The molecule has 0 bridgehead atoms. The predicted molar refractivity (Wildman–Crippen MR) is 73.5 cm³/mol. The first-order chi connectivity index (χ1) is 10.8. The summed E-state index contributed by atoms with van der Waals surface area (Å²) in [6.45, 7) is 0.102. The van der Waals surface area contributed by atoms with E-state index in [9.17, 15) is 18.0 Å². The number of nitrogen functional groups attached to an aromatic ring is 1. The van der Waals surface area contributed by atoms with Gasteiger partial charge < -0.3 is 15.2 Å². The van der Waals surface area contributed by atoms with E-state index in [2.05, 4.69) is 10.1 Å². The quantitative estimate of drug-likeness (QED) is 0.844. The highest BCUT2D eigenvalue weighted by Gasteiger charge is 2.33. The molecule has 1 aliphatic rings. The maximum absolute atomic E-state index is 12.5. The molecule has 7 nitrogen and oxygen atoms in total. The van der Waals surface area contributed by atoms with Crippen LogP contribution in [0.15, 0.2) is 34.2 Å². The van der Waals surface area contributed by atoms with Gasteiger partial charge in [0.05, 0.1) is 6.21 Å². The zero-order chi connectivity index (χ0) is 16.6. The molecule has 0 atom stereocenters. The minimum atomic E-state index is -4.76. The van der Waals surface area contributed by atoms with Crippen LogP contribution in [0.3, 0.4) is 0 Å². The third kappa shape index (κ3) is 2.96. The Bertz CT molecular complexity index is 845. The number of anilines is 1. The van der Waals surface area contributed by atoms with Crippen LogP contribution in [-0.2, 0) is 6.18 Å². The first kappa shape index (κ1) is 14.9. The number of alkyl halides is 3. The van der Waals surface area contributed by atoms with Crippen LogP contribution in [0, 0.1) is 0 Å². The Balaban J connectivity index is 1.92. The lowest BCUT2D eigenvalue weighted by atomic mass is 10.2. The number of hydrogen-bond acceptors (Lipinski definition) is 6. The van der Waals surface area contributed by atoms with Crippen molar-refractivity contribution in [1.82, 2.24) is 9.66 Å². The average Bonchev–Trinajstić information content (AvgIpc) is 2.92. The zero-order valence-corrected chi connectivity index (χ0v) is 11.4. The van der Waals surface area contributed by atoms with Gasteiger partial charge in [0.25, 0.3) is 5.56 Å². The van der Waals surface area contributed by atoms with Gasteiger partial charge in [-0.3, -0.25) is 4.79 Å². The van der Waals surface area contributed by atoms with Crippen molar-refractivity contribution in [2.45, 2.75) is 6.18 Å². The largest absolute Gasteiger partial charge is 0.454 e. The molecule has 1 aromatic carbocycles. The Morgan fingerprint density at radius 2 is 2.00 bits per heavy atom. The van der Waals surface area contributed by atoms with Crippen LogP contribution < -0.4 is 20.8 Å². The van der Waals surface area contributed by atoms with Gasteiger partial charge in [-0.05, 0) is 23.8 Å². The Morgan fingerprint density at radius 3 is 2.70 bits per heavy atom. The van der Waals surface area contributed by atoms with Gasteiger partial charge in [-0.15, -0.1) is 0 Å². The Labute approximate surface area is 126 Å². The molecule has 3 rings (SSSR count). The standard InChI is InChI=1S/C13H9F3N4O3/c14-13(15,16)10-4-11(21)20(12(17)19-10)18-5-7-1-2-8-9(3-7)23-6-22-8/h1-5H,6H2,(H2,17,19)/b18-5+. The van der Waals surface area contributed by atoms with E-state index in [-0.39, 0.29) is 6.79 Å². The van der Waals surface area contributed by atoms with Gasteiger partial charge in [0.15, 0.2) is 17.2 Å². The minimum Gasteiger partial charge on any atom is -0.454 e. The van der Waals surface area contributed by atoms with E-state index in [4.69, 9.17) is 15.2 Å². The second kappa shape index (κ2) is 5.30. The van der Waals surface area contributed by atoms with E-state index in [1.54, 1.807) is 18.2 Å². The summed E-state index contributed by atoms with van der Waals surface area (Å²) < 4.78 is 48.5. The maximum Gasteiger partial charge on any atom is 0.433 e. The van der Waals surface area contributed by atoms with Gasteiger partial charge in [-0.1, -0.05) is 0 Å². The fourth-order valence-corrected chi connectivity index (χ4v) is 1.87. The summed E-state index contributed by atoms with van der Waals surface area (Å²) >= 11 is 0. The number of rotatable bonds is 2. The van der Waals surface area contributed by atoms with Crippen molar-refractivity contribution in [1.29, 1.82) is 0 Å². The third-order valence-corrected chi connectivity index (χ3v) is 2.93. The molecular formula is C13H9F3N4O3. The lowest BCUT2D eigenvalue weighted by Crippen LogP contribution is -2.24. The van der Waals surface area contributed by atoms with Crippen molar-refractivity contribution in [3.8, 4) is 11.5 Å². The highest BCUT2D eigenvalue weighted by Crippen LogP contribution is 2.32. The summed E-state index contributed by atoms with van der Waals surface area (Å²) in [4.78, 5) is 14.8. The van der Waals surface area contributed by atoms with Gasteiger partial charge in [-0.25, -0.2) is 4.98 Å². The molecule has 0 saturated heterocycles. The normalized spacial score (nSPS) is 13.7. The molecule has 2 N–H and O–H groups in total. The number of ether oxygens (including phenoxy) is 2. The lowest BCUT2D eigenvalue weighted by Gasteiger charge is -2.08. The molecule has 0 aliphatic carbocycles. The molecule has 0 unspecified atom stereocenters. The van der Waals surface area contributed by atoms with Gasteiger partial charge in [0.2, 0.25) is 12.7 Å². The zero-order valence-electron chi connectivity index (χ0n) is 11.4. The molecular weight excluding hydrogens is 317 g/mol. The highest BCUT2D eigenvalue weighted by atomic mass is 19.4. The average molecular weight is 326 g/mol. The van der Waals surface area contributed by atoms with E-state index in [0.29, 0.717) is 27.8 Å². The summed E-state index contributed by atoms with van der Waals surface area (Å²) in [6.07, 6.45) is -3.51. The molecule has 2 aromatic rings. The van der Waals surface area contributed by atoms with Crippen molar-refractivity contribution in [3.05, 3.63) is 45.9 Å². The topological polar surface area (TPSA) is 91.7 Å². The number of aromatic nitrogens is 2. The summed E-state index contributed by atoms with van der Waals surface area (Å²) in [6, 6.07) is 5.20. The first-order valence-electron chi connectivity index (χ1n) is 6.25. The van der Waals surface area contributed by atoms with E-state index in [0.717, 1.165) is 0 Å². The van der Waals surface area contributed by atoms with Crippen molar-refractivity contribution in [2.24, 2.45) is 5.10 Å². The molecule has 0 amide bonds. The Hall–Kier alpha value is -3.04. The number of benzene rings is 1. The highest BCUT2D eigenvalue weighted by molar-refractivity contribution is 5.81. The van der Waals surface area contributed by atoms with Crippen molar-refractivity contribution in [2.75, 3.05) is 12.5 Å². The van der Waals surface area contributed by atoms with E-state index in [1.165, 1.54) is 6.21 Å². The van der Waals surface area contributed by atoms with Gasteiger partial charge in [0.1, 0.15) is 0 Å². The fourth-order valence-electron chi connectivity index (χ4n) is 1.87. The number of nitrogens with two attached hydrogens (primary N) is 1. The monoisotopic (exact) mass is 326 g/mol. The van der Waals surface area contributed by atoms with Crippen molar-refractivity contribution >= 4 is 12.2 Å². The number of halogens is 3. The summed E-state index contributed by atoms with van der Waals surface area (Å²) in [7, 11) is 0. The van der Waals surface area contributed by atoms with Gasteiger partial charge >= 0.3 is 6.18 Å². The Kier molecular flexibility index (Phi) is 3.43. The van der Waals surface area contributed by atoms with Gasteiger partial charge in [-0.2, -0.15) is 22.9 Å². The molecule has 0 fully saturated rings. The second-order valence-corrected chi connectivity index (χ2v) is 4.50. The molecule has 0 spiro atoms. The number of hydrogen-bond donors (Lipinski definition) is 1. The van der Waals surface area contributed by atoms with Crippen LogP contribution in [0.5, 0.6) is 11.5 Å². The second-order valence-electron chi connectivity index (χ2n) is 4.50. The molecule has 2 heterocycles. The van der Waals surface area contributed by atoms with E-state index in [1.807, 2.05) is 0 Å². The van der Waals surface area contributed by atoms with E-state index >= 15 is 0 Å². The van der Waals surface area contributed by atoms with Crippen molar-refractivity contribution in [3.63, 3.8) is 0 Å². The molecule has 1 aliphatic heterocycles.